The van der Waals surface area contributed by atoms with Gasteiger partial charge >= 0.3 is 6.18 Å². The molecule has 29 heavy (non-hydrogen) atoms. The van der Waals surface area contributed by atoms with E-state index in [0.29, 0.717) is 11.3 Å². The molecule has 4 aromatic rings. The van der Waals surface area contributed by atoms with Gasteiger partial charge in [0.1, 0.15) is 15.7 Å². The SMILES string of the molecule is Cc1ncc2sc(-c3ccc(NC(=O)Cc4cccc(C(F)(F)F)c4)cc3)nn12. The fourth-order valence-electron chi connectivity index (χ4n) is 2.88. The number of imidazole rings is 1. The van der Waals surface area contributed by atoms with Gasteiger partial charge in [-0.15, -0.1) is 0 Å². The lowest BCUT2D eigenvalue weighted by Crippen LogP contribution is -2.15. The Bertz CT molecular complexity index is 1180. The largest absolute Gasteiger partial charge is 0.416 e. The van der Waals surface area contributed by atoms with Crippen molar-refractivity contribution in [3.8, 4) is 10.6 Å². The first-order chi connectivity index (χ1) is 13.8. The number of carbonyl (C=O) groups excluding carboxylic acids is 1. The number of fused-ring (bicyclic) bond motifs is 1. The highest BCUT2D eigenvalue weighted by Gasteiger charge is 2.30. The average Bonchev–Trinajstić information content (AvgIpc) is 3.24. The third-order valence-electron chi connectivity index (χ3n) is 4.30. The molecule has 0 atom stereocenters. The van der Waals surface area contributed by atoms with Crippen LogP contribution in [0.25, 0.3) is 15.4 Å². The molecule has 4 rings (SSSR count). The van der Waals surface area contributed by atoms with Crippen LogP contribution in [-0.4, -0.2) is 20.5 Å². The maximum Gasteiger partial charge on any atom is 0.416 e. The van der Waals surface area contributed by atoms with Crippen LogP contribution < -0.4 is 5.32 Å². The number of anilines is 1. The van der Waals surface area contributed by atoms with Gasteiger partial charge in [-0.3, -0.25) is 4.79 Å². The summed E-state index contributed by atoms with van der Waals surface area (Å²) in [5.74, 6) is 0.420. The van der Waals surface area contributed by atoms with E-state index in [4.69, 9.17) is 0 Å². The first-order valence-corrected chi connectivity index (χ1v) is 9.49. The molecule has 2 heterocycles. The Labute approximate surface area is 167 Å². The summed E-state index contributed by atoms with van der Waals surface area (Å²) in [4.78, 5) is 17.3. The van der Waals surface area contributed by atoms with Crippen LogP contribution in [-0.2, 0) is 17.4 Å². The molecule has 0 fully saturated rings. The molecule has 1 N–H and O–H groups in total. The molecule has 0 aliphatic heterocycles. The van der Waals surface area contributed by atoms with Gasteiger partial charge in [-0.2, -0.15) is 18.3 Å². The van der Waals surface area contributed by atoms with Gasteiger partial charge in [0.15, 0.2) is 0 Å². The van der Waals surface area contributed by atoms with E-state index in [1.165, 1.54) is 23.5 Å². The second kappa shape index (κ2) is 7.32. The molecule has 0 saturated carbocycles. The summed E-state index contributed by atoms with van der Waals surface area (Å²) in [7, 11) is 0. The van der Waals surface area contributed by atoms with E-state index >= 15 is 0 Å². The summed E-state index contributed by atoms with van der Waals surface area (Å²) in [6.07, 6.45) is -2.81. The number of rotatable bonds is 4. The van der Waals surface area contributed by atoms with Gasteiger partial charge in [-0.05, 0) is 42.8 Å². The van der Waals surface area contributed by atoms with E-state index in [1.807, 2.05) is 19.1 Å². The van der Waals surface area contributed by atoms with Gasteiger partial charge < -0.3 is 5.32 Å². The number of aryl methyl sites for hydroxylation is 1. The first kappa shape index (κ1) is 19.1. The molecule has 0 aliphatic carbocycles. The smallest absolute Gasteiger partial charge is 0.326 e. The third kappa shape index (κ3) is 4.14. The lowest BCUT2D eigenvalue weighted by molar-refractivity contribution is -0.137. The zero-order valence-corrected chi connectivity index (χ0v) is 16.0. The van der Waals surface area contributed by atoms with Crippen LogP contribution >= 0.6 is 11.3 Å². The van der Waals surface area contributed by atoms with Crippen LogP contribution in [0.1, 0.15) is 17.0 Å². The van der Waals surface area contributed by atoms with Gasteiger partial charge in [0.25, 0.3) is 0 Å². The monoisotopic (exact) mass is 416 g/mol. The number of nitrogens with zero attached hydrogens (tertiary/aromatic N) is 3. The summed E-state index contributed by atoms with van der Waals surface area (Å²) >= 11 is 1.51. The molecule has 0 saturated heterocycles. The van der Waals surface area contributed by atoms with E-state index in [2.05, 4.69) is 15.4 Å². The number of alkyl halides is 3. The predicted molar refractivity (Wildman–Crippen MR) is 105 cm³/mol. The van der Waals surface area contributed by atoms with Crippen LogP contribution in [0.4, 0.5) is 18.9 Å². The molecule has 2 aromatic carbocycles. The van der Waals surface area contributed by atoms with E-state index in [1.54, 1.807) is 22.8 Å². The number of hydrogen-bond donors (Lipinski definition) is 1. The van der Waals surface area contributed by atoms with Gasteiger partial charge in [0.2, 0.25) is 5.91 Å². The van der Waals surface area contributed by atoms with Gasteiger partial charge in [0, 0.05) is 11.3 Å². The second-order valence-corrected chi connectivity index (χ2v) is 7.47. The number of halogens is 3. The van der Waals surface area contributed by atoms with Crippen LogP contribution in [0.15, 0.2) is 54.7 Å². The summed E-state index contributed by atoms with van der Waals surface area (Å²) in [5.41, 5.74) is 0.996. The molecule has 0 bridgehead atoms. The third-order valence-corrected chi connectivity index (χ3v) is 5.30. The highest BCUT2D eigenvalue weighted by molar-refractivity contribution is 7.20. The van der Waals surface area contributed by atoms with Gasteiger partial charge in [0.05, 0.1) is 18.2 Å². The van der Waals surface area contributed by atoms with Gasteiger partial charge in [-0.1, -0.05) is 29.5 Å². The summed E-state index contributed by atoms with van der Waals surface area (Å²) < 4.78 is 40.1. The topological polar surface area (TPSA) is 59.3 Å². The van der Waals surface area contributed by atoms with E-state index in [9.17, 15) is 18.0 Å². The van der Waals surface area contributed by atoms with Crippen molar-refractivity contribution in [1.82, 2.24) is 14.6 Å². The van der Waals surface area contributed by atoms with Crippen molar-refractivity contribution < 1.29 is 18.0 Å². The number of hydrogen-bond acceptors (Lipinski definition) is 4. The number of amides is 1. The normalized spacial score (nSPS) is 11.7. The molecular weight excluding hydrogens is 401 g/mol. The highest BCUT2D eigenvalue weighted by atomic mass is 32.1. The Hall–Kier alpha value is -3.20. The molecule has 0 unspecified atom stereocenters. The fourth-order valence-corrected chi connectivity index (χ4v) is 3.82. The molecule has 148 valence electrons. The van der Waals surface area contributed by atoms with Crippen LogP contribution in [0, 0.1) is 6.92 Å². The second-order valence-electron chi connectivity index (χ2n) is 6.46. The summed E-state index contributed by atoms with van der Waals surface area (Å²) in [6, 6.07) is 11.9. The van der Waals surface area contributed by atoms with Crippen molar-refractivity contribution in [3.63, 3.8) is 0 Å². The molecule has 1 amide bonds. The van der Waals surface area contributed by atoms with E-state index in [0.717, 1.165) is 33.4 Å². The molecule has 0 radical (unpaired) electrons. The van der Waals surface area contributed by atoms with Crippen molar-refractivity contribution in [1.29, 1.82) is 0 Å². The van der Waals surface area contributed by atoms with E-state index in [-0.39, 0.29) is 12.3 Å². The lowest BCUT2D eigenvalue weighted by atomic mass is 10.1. The van der Waals surface area contributed by atoms with Crippen molar-refractivity contribution in [2.24, 2.45) is 0 Å². The number of nitrogens with one attached hydrogen (secondary N) is 1. The summed E-state index contributed by atoms with van der Waals surface area (Å²) in [6.45, 7) is 1.87. The number of benzene rings is 2. The minimum Gasteiger partial charge on any atom is -0.326 e. The Kier molecular flexibility index (Phi) is 4.83. The van der Waals surface area contributed by atoms with Crippen molar-refractivity contribution in [2.45, 2.75) is 19.5 Å². The molecular formula is C20H15F3N4OS. The maximum absolute atomic E-state index is 12.8. The fraction of sp³-hybridized carbons (Fsp3) is 0.150. The standard InChI is InChI=1S/C20H15F3N4OS/c1-12-24-11-18-27(12)26-19(29-18)14-5-7-16(8-6-14)25-17(28)10-13-3-2-4-15(9-13)20(21,22)23/h2-9,11H,10H2,1H3,(H,25,28). The Morgan fingerprint density at radius 2 is 1.93 bits per heavy atom. The summed E-state index contributed by atoms with van der Waals surface area (Å²) in [5, 5.41) is 8.04. The van der Waals surface area contributed by atoms with Crippen LogP contribution in [0.3, 0.4) is 0 Å². The Morgan fingerprint density at radius 3 is 2.62 bits per heavy atom. The van der Waals surface area contributed by atoms with Gasteiger partial charge in [-0.25, -0.2) is 9.50 Å². The minimum absolute atomic E-state index is 0.143. The van der Waals surface area contributed by atoms with E-state index < -0.39 is 11.7 Å². The van der Waals surface area contributed by atoms with Crippen molar-refractivity contribution in [3.05, 3.63) is 71.7 Å². The Balaban J connectivity index is 1.44. The molecule has 9 heteroatoms. The van der Waals surface area contributed by atoms with Crippen molar-refractivity contribution >= 4 is 27.8 Å². The molecule has 2 aromatic heterocycles. The molecule has 5 nitrogen and oxygen atoms in total. The number of aromatic nitrogens is 3. The van der Waals surface area contributed by atoms with Crippen LogP contribution in [0.5, 0.6) is 0 Å². The van der Waals surface area contributed by atoms with Crippen molar-refractivity contribution in [2.75, 3.05) is 5.32 Å². The zero-order valence-electron chi connectivity index (χ0n) is 15.2. The molecule has 0 spiro atoms. The molecule has 0 aliphatic rings. The zero-order chi connectivity index (χ0) is 20.6. The average molecular weight is 416 g/mol. The minimum atomic E-state index is -4.43. The maximum atomic E-state index is 12.8. The highest BCUT2D eigenvalue weighted by Crippen LogP contribution is 2.30. The Morgan fingerprint density at radius 1 is 1.17 bits per heavy atom. The quantitative estimate of drug-likeness (QED) is 0.511. The first-order valence-electron chi connectivity index (χ1n) is 8.67. The lowest BCUT2D eigenvalue weighted by Gasteiger charge is -2.09. The number of carbonyl (C=O) groups is 1. The predicted octanol–water partition coefficient (Wildman–Crippen LogP) is 4.97. The van der Waals surface area contributed by atoms with Crippen LogP contribution in [0.2, 0.25) is 0 Å².